The average molecular weight is 309 g/mol. The smallest absolute Gasteiger partial charge is 0.340 e. The van der Waals surface area contributed by atoms with Gasteiger partial charge < -0.3 is 9.15 Å². The van der Waals surface area contributed by atoms with Gasteiger partial charge in [0.2, 0.25) is 0 Å². The van der Waals surface area contributed by atoms with E-state index in [1.807, 2.05) is 42.5 Å². The molecule has 0 saturated carbocycles. The van der Waals surface area contributed by atoms with E-state index in [0.717, 1.165) is 11.1 Å². The first-order chi connectivity index (χ1) is 11.2. The highest BCUT2D eigenvalue weighted by atomic mass is 16.5. The van der Waals surface area contributed by atoms with Crippen molar-refractivity contribution in [2.45, 2.75) is 6.92 Å². The Morgan fingerprint density at radius 2 is 2.04 bits per heavy atom. The lowest BCUT2D eigenvalue weighted by Crippen LogP contribution is -2.05. The minimum absolute atomic E-state index is 0.151. The first-order valence-electron chi connectivity index (χ1n) is 6.98. The van der Waals surface area contributed by atoms with Crippen LogP contribution in [-0.4, -0.2) is 12.6 Å². The summed E-state index contributed by atoms with van der Waals surface area (Å²) in [6, 6.07) is 11.6. The predicted molar refractivity (Wildman–Crippen MR) is 87.8 cm³/mol. The van der Waals surface area contributed by atoms with E-state index in [2.05, 4.69) is 10.0 Å². The van der Waals surface area contributed by atoms with Crippen molar-refractivity contribution in [1.29, 1.82) is 0 Å². The van der Waals surface area contributed by atoms with Crippen molar-refractivity contribution in [2.75, 3.05) is 6.61 Å². The molecular formula is C17H15N3O3. The molecule has 0 aliphatic heterocycles. The molecule has 0 aliphatic carbocycles. The molecule has 0 bridgehead atoms. The second-order valence-corrected chi connectivity index (χ2v) is 4.47. The third-order valence-corrected chi connectivity index (χ3v) is 2.82. The molecule has 0 unspecified atom stereocenters. The monoisotopic (exact) mass is 309 g/mol. The standard InChI is InChI=1S/C17H15N3O3/c1-2-22-17(21)16(19-20-18)11-15-10-14(12-23-15)9-8-13-6-4-3-5-7-13/h3-12H,2H2,1H3. The van der Waals surface area contributed by atoms with Gasteiger partial charge in [-0.2, -0.15) is 0 Å². The quantitative estimate of drug-likeness (QED) is 0.255. The van der Waals surface area contributed by atoms with Crippen LogP contribution in [0, 0.1) is 0 Å². The molecule has 0 saturated heterocycles. The summed E-state index contributed by atoms with van der Waals surface area (Å²) in [6.45, 7) is 1.87. The number of hydrogen-bond acceptors (Lipinski definition) is 4. The van der Waals surface area contributed by atoms with Crippen molar-refractivity contribution < 1.29 is 13.9 Å². The van der Waals surface area contributed by atoms with Gasteiger partial charge in [0.15, 0.2) is 0 Å². The molecule has 116 valence electrons. The van der Waals surface area contributed by atoms with Gasteiger partial charge in [-0.15, -0.1) is 0 Å². The summed E-state index contributed by atoms with van der Waals surface area (Å²) in [4.78, 5) is 14.3. The minimum Gasteiger partial charge on any atom is -0.464 e. The summed E-state index contributed by atoms with van der Waals surface area (Å²) in [5.74, 6) is -0.295. The fraction of sp³-hybridized carbons (Fsp3) is 0.118. The van der Waals surface area contributed by atoms with Crippen LogP contribution in [0.5, 0.6) is 0 Å². The number of benzene rings is 1. The lowest BCUT2D eigenvalue weighted by molar-refractivity contribution is -0.138. The van der Waals surface area contributed by atoms with Crippen LogP contribution in [0.1, 0.15) is 23.8 Å². The van der Waals surface area contributed by atoms with Crippen molar-refractivity contribution in [3.8, 4) is 0 Å². The lowest BCUT2D eigenvalue weighted by atomic mass is 10.2. The van der Waals surface area contributed by atoms with E-state index in [9.17, 15) is 4.79 Å². The number of carbonyl (C=O) groups is 1. The number of furan rings is 1. The molecule has 1 heterocycles. The Morgan fingerprint density at radius 1 is 1.30 bits per heavy atom. The Bertz CT molecular complexity index is 769. The summed E-state index contributed by atoms with van der Waals surface area (Å²) in [7, 11) is 0. The van der Waals surface area contributed by atoms with Gasteiger partial charge in [0.25, 0.3) is 0 Å². The van der Waals surface area contributed by atoms with Gasteiger partial charge in [0.1, 0.15) is 11.5 Å². The SMILES string of the molecule is CCOC(=O)C(=Cc1cc(C=Cc2ccccc2)co1)N=[N+]=[N-]. The number of carbonyl (C=O) groups excluding carboxylic acids is 1. The van der Waals surface area contributed by atoms with Crippen LogP contribution >= 0.6 is 0 Å². The molecule has 0 aliphatic rings. The van der Waals surface area contributed by atoms with E-state index in [4.69, 9.17) is 14.7 Å². The number of azide groups is 1. The van der Waals surface area contributed by atoms with Crippen LogP contribution in [0.4, 0.5) is 0 Å². The van der Waals surface area contributed by atoms with Crippen LogP contribution in [0.2, 0.25) is 0 Å². The Labute approximate surface area is 133 Å². The van der Waals surface area contributed by atoms with Gasteiger partial charge in [-0.3, -0.25) is 0 Å². The summed E-state index contributed by atoms with van der Waals surface area (Å²) in [5.41, 5.74) is 10.3. The van der Waals surface area contributed by atoms with Crippen molar-refractivity contribution >= 4 is 24.2 Å². The van der Waals surface area contributed by atoms with E-state index in [0.29, 0.717) is 5.76 Å². The summed E-state index contributed by atoms with van der Waals surface area (Å²) < 4.78 is 10.2. The van der Waals surface area contributed by atoms with Crippen LogP contribution in [0.25, 0.3) is 28.7 Å². The molecule has 1 aromatic carbocycles. The summed E-state index contributed by atoms with van der Waals surface area (Å²) >= 11 is 0. The lowest BCUT2D eigenvalue weighted by Gasteiger charge is -1.99. The van der Waals surface area contributed by atoms with E-state index in [-0.39, 0.29) is 12.3 Å². The fourth-order valence-corrected chi connectivity index (χ4v) is 1.80. The molecule has 0 N–H and O–H groups in total. The predicted octanol–water partition coefficient (Wildman–Crippen LogP) is 4.66. The number of ether oxygens (including phenoxy) is 1. The van der Waals surface area contributed by atoms with Gasteiger partial charge >= 0.3 is 5.97 Å². The van der Waals surface area contributed by atoms with Crippen LogP contribution in [0.15, 0.2) is 57.9 Å². The zero-order valence-electron chi connectivity index (χ0n) is 12.5. The summed E-state index contributed by atoms with van der Waals surface area (Å²) in [6.07, 6.45) is 6.72. The molecule has 1 aromatic heterocycles. The minimum atomic E-state index is -0.692. The zero-order valence-corrected chi connectivity index (χ0v) is 12.5. The van der Waals surface area contributed by atoms with Crippen LogP contribution in [0.3, 0.4) is 0 Å². The Morgan fingerprint density at radius 3 is 2.74 bits per heavy atom. The van der Waals surface area contributed by atoms with E-state index < -0.39 is 5.97 Å². The molecule has 2 rings (SSSR count). The molecule has 6 heteroatoms. The largest absolute Gasteiger partial charge is 0.464 e. The maximum Gasteiger partial charge on any atom is 0.340 e. The molecule has 6 nitrogen and oxygen atoms in total. The molecule has 0 spiro atoms. The molecule has 0 fully saturated rings. The maximum atomic E-state index is 11.6. The van der Waals surface area contributed by atoms with Gasteiger partial charge in [0, 0.05) is 10.5 Å². The van der Waals surface area contributed by atoms with Gasteiger partial charge in [0.05, 0.1) is 12.9 Å². The normalized spacial score (nSPS) is 11.3. The zero-order chi connectivity index (χ0) is 16.5. The number of esters is 1. The Hall–Kier alpha value is -3.24. The highest BCUT2D eigenvalue weighted by molar-refractivity contribution is 5.93. The number of nitrogens with zero attached hydrogens (tertiary/aromatic N) is 3. The first-order valence-corrected chi connectivity index (χ1v) is 6.98. The third kappa shape index (κ3) is 4.91. The van der Waals surface area contributed by atoms with Crippen LogP contribution < -0.4 is 0 Å². The third-order valence-electron chi connectivity index (χ3n) is 2.82. The second kappa shape index (κ2) is 8.26. The van der Waals surface area contributed by atoms with E-state index in [1.165, 1.54) is 6.08 Å². The van der Waals surface area contributed by atoms with Crippen molar-refractivity contribution in [2.24, 2.45) is 5.11 Å². The molecular weight excluding hydrogens is 294 g/mol. The first kappa shape index (κ1) is 16.1. The molecule has 2 aromatic rings. The Balaban J connectivity index is 2.17. The second-order valence-electron chi connectivity index (χ2n) is 4.47. The molecule has 0 atom stereocenters. The van der Waals surface area contributed by atoms with Crippen LogP contribution in [-0.2, 0) is 9.53 Å². The van der Waals surface area contributed by atoms with Crippen molar-refractivity contribution in [3.63, 3.8) is 0 Å². The highest BCUT2D eigenvalue weighted by Gasteiger charge is 2.09. The topological polar surface area (TPSA) is 88.2 Å². The van der Waals surface area contributed by atoms with Gasteiger partial charge in [-0.25, -0.2) is 4.79 Å². The van der Waals surface area contributed by atoms with E-state index in [1.54, 1.807) is 19.3 Å². The molecule has 0 radical (unpaired) electrons. The summed E-state index contributed by atoms with van der Waals surface area (Å²) in [5, 5.41) is 3.33. The molecule has 23 heavy (non-hydrogen) atoms. The number of hydrogen-bond donors (Lipinski definition) is 0. The van der Waals surface area contributed by atoms with Gasteiger partial charge in [-0.1, -0.05) is 47.6 Å². The highest BCUT2D eigenvalue weighted by Crippen LogP contribution is 2.16. The van der Waals surface area contributed by atoms with Gasteiger partial charge in [-0.05, 0) is 30.2 Å². The number of rotatable bonds is 6. The van der Waals surface area contributed by atoms with E-state index >= 15 is 0 Å². The van der Waals surface area contributed by atoms with Crippen molar-refractivity contribution in [3.05, 3.63) is 75.7 Å². The average Bonchev–Trinajstić information content (AvgIpc) is 3.01. The molecule has 0 amide bonds. The Kier molecular flexibility index (Phi) is 5.80. The fourth-order valence-electron chi connectivity index (χ4n) is 1.80. The van der Waals surface area contributed by atoms with Crippen molar-refractivity contribution in [1.82, 2.24) is 0 Å². The maximum absolute atomic E-state index is 11.6.